The molecule has 1 aromatic carbocycles. The molecule has 1 amide bonds. The molecular formula is C17H26N2O4S. The van der Waals surface area contributed by atoms with Crippen molar-refractivity contribution in [3.05, 3.63) is 23.8 Å². The SMILES string of the molecule is COc1ccc(C(=O)NCC(C)C)cc1S(=O)(=O)NC1CCCC1. The highest BCUT2D eigenvalue weighted by Gasteiger charge is 2.26. The molecular weight excluding hydrogens is 328 g/mol. The summed E-state index contributed by atoms with van der Waals surface area (Å²) in [5, 5.41) is 2.79. The number of carbonyl (C=O) groups excluding carboxylic acids is 1. The van der Waals surface area contributed by atoms with Crippen LogP contribution in [0, 0.1) is 5.92 Å². The fourth-order valence-corrected chi connectivity index (χ4v) is 4.25. The zero-order valence-corrected chi connectivity index (χ0v) is 15.3. The van der Waals surface area contributed by atoms with Gasteiger partial charge in [0.2, 0.25) is 10.0 Å². The number of ether oxygens (including phenoxy) is 1. The van der Waals surface area contributed by atoms with Gasteiger partial charge >= 0.3 is 0 Å². The Morgan fingerprint density at radius 1 is 1.29 bits per heavy atom. The van der Waals surface area contributed by atoms with Crippen molar-refractivity contribution in [2.24, 2.45) is 5.92 Å². The van der Waals surface area contributed by atoms with Crippen LogP contribution in [0.5, 0.6) is 5.75 Å². The second-order valence-electron chi connectivity index (χ2n) is 6.57. The molecule has 0 spiro atoms. The van der Waals surface area contributed by atoms with Crippen molar-refractivity contribution >= 4 is 15.9 Å². The van der Waals surface area contributed by atoms with Crippen LogP contribution >= 0.6 is 0 Å². The molecule has 0 aromatic heterocycles. The lowest BCUT2D eigenvalue weighted by molar-refractivity contribution is 0.0948. The Kier molecular flexibility index (Phi) is 6.23. The Balaban J connectivity index is 2.26. The summed E-state index contributed by atoms with van der Waals surface area (Å²) in [6, 6.07) is 4.43. The van der Waals surface area contributed by atoms with Gasteiger partial charge in [-0.15, -0.1) is 0 Å². The Labute approximate surface area is 144 Å². The molecule has 0 radical (unpaired) electrons. The fraction of sp³-hybridized carbons (Fsp3) is 0.588. The van der Waals surface area contributed by atoms with E-state index in [0.717, 1.165) is 25.7 Å². The Bertz CT molecular complexity index is 680. The summed E-state index contributed by atoms with van der Waals surface area (Å²) in [4.78, 5) is 12.2. The van der Waals surface area contributed by atoms with Crippen molar-refractivity contribution in [3.8, 4) is 5.75 Å². The van der Waals surface area contributed by atoms with E-state index in [1.807, 2.05) is 13.8 Å². The van der Waals surface area contributed by atoms with Gasteiger partial charge in [0.05, 0.1) is 7.11 Å². The molecule has 0 saturated heterocycles. The average molecular weight is 354 g/mol. The summed E-state index contributed by atoms with van der Waals surface area (Å²) in [6.07, 6.45) is 3.75. The van der Waals surface area contributed by atoms with Gasteiger partial charge in [0.1, 0.15) is 10.6 Å². The van der Waals surface area contributed by atoms with E-state index in [0.29, 0.717) is 18.0 Å². The van der Waals surface area contributed by atoms with Gasteiger partial charge in [-0.3, -0.25) is 4.79 Å². The molecule has 1 aliphatic carbocycles. The molecule has 1 saturated carbocycles. The Morgan fingerprint density at radius 3 is 2.54 bits per heavy atom. The van der Waals surface area contributed by atoms with E-state index in [2.05, 4.69) is 10.0 Å². The predicted molar refractivity (Wildman–Crippen MR) is 92.7 cm³/mol. The molecule has 7 heteroatoms. The first-order chi connectivity index (χ1) is 11.3. The van der Waals surface area contributed by atoms with Gasteiger partial charge in [-0.1, -0.05) is 26.7 Å². The normalized spacial score (nSPS) is 15.7. The summed E-state index contributed by atoms with van der Waals surface area (Å²) >= 11 is 0. The number of rotatable bonds is 7. The maximum atomic E-state index is 12.7. The highest BCUT2D eigenvalue weighted by atomic mass is 32.2. The Morgan fingerprint density at radius 2 is 1.96 bits per heavy atom. The molecule has 24 heavy (non-hydrogen) atoms. The van der Waals surface area contributed by atoms with Crippen molar-refractivity contribution in [3.63, 3.8) is 0 Å². The monoisotopic (exact) mass is 354 g/mol. The van der Waals surface area contributed by atoms with Crippen molar-refractivity contribution in [1.82, 2.24) is 10.0 Å². The zero-order valence-electron chi connectivity index (χ0n) is 14.5. The minimum atomic E-state index is -3.73. The van der Waals surface area contributed by atoms with Crippen LogP contribution in [0.15, 0.2) is 23.1 Å². The lowest BCUT2D eigenvalue weighted by Gasteiger charge is -2.16. The number of amides is 1. The largest absolute Gasteiger partial charge is 0.495 e. The summed E-state index contributed by atoms with van der Waals surface area (Å²) in [5.41, 5.74) is 0.309. The van der Waals surface area contributed by atoms with Gasteiger partial charge in [-0.05, 0) is 37.0 Å². The van der Waals surface area contributed by atoms with Gasteiger partial charge in [-0.25, -0.2) is 13.1 Å². The van der Waals surface area contributed by atoms with Crippen LogP contribution in [0.25, 0.3) is 0 Å². The quantitative estimate of drug-likeness (QED) is 0.787. The number of benzene rings is 1. The molecule has 1 fully saturated rings. The summed E-state index contributed by atoms with van der Waals surface area (Å²) in [7, 11) is -2.31. The van der Waals surface area contributed by atoms with Gasteiger partial charge in [0.25, 0.3) is 5.91 Å². The molecule has 0 bridgehead atoms. The number of hydrogen-bond acceptors (Lipinski definition) is 4. The van der Waals surface area contributed by atoms with Crippen molar-refractivity contribution in [2.45, 2.75) is 50.5 Å². The molecule has 1 aliphatic rings. The third kappa shape index (κ3) is 4.70. The zero-order chi connectivity index (χ0) is 17.7. The minimum Gasteiger partial charge on any atom is -0.495 e. The molecule has 0 atom stereocenters. The molecule has 2 N–H and O–H groups in total. The summed E-state index contributed by atoms with van der Waals surface area (Å²) in [6.45, 7) is 4.53. The summed E-state index contributed by atoms with van der Waals surface area (Å²) < 4.78 is 33.3. The molecule has 0 aliphatic heterocycles. The smallest absolute Gasteiger partial charge is 0.251 e. The van der Waals surface area contributed by atoms with Gasteiger partial charge in [0, 0.05) is 18.2 Å². The van der Waals surface area contributed by atoms with E-state index in [1.165, 1.54) is 19.2 Å². The number of sulfonamides is 1. The third-order valence-electron chi connectivity index (χ3n) is 4.06. The molecule has 134 valence electrons. The van der Waals surface area contributed by atoms with E-state index < -0.39 is 10.0 Å². The first-order valence-electron chi connectivity index (χ1n) is 8.32. The Hall–Kier alpha value is -1.60. The van der Waals surface area contributed by atoms with Crippen molar-refractivity contribution < 1.29 is 17.9 Å². The van der Waals surface area contributed by atoms with Crippen LogP contribution in [0.4, 0.5) is 0 Å². The number of hydrogen-bond donors (Lipinski definition) is 2. The molecule has 0 unspecified atom stereocenters. The van der Waals surface area contributed by atoms with Crippen LogP contribution in [-0.2, 0) is 10.0 Å². The average Bonchev–Trinajstić information content (AvgIpc) is 3.04. The van der Waals surface area contributed by atoms with E-state index in [1.54, 1.807) is 6.07 Å². The fourth-order valence-electron chi connectivity index (χ4n) is 2.75. The van der Waals surface area contributed by atoms with E-state index in [9.17, 15) is 13.2 Å². The van der Waals surface area contributed by atoms with Crippen LogP contribution in [-0.4, -0.2) is 34.0 Å². The molecule has 0 heterocycles. The third-order valence-corrected chi connectivity index (χ3v) is 5.60. The number of methoxy groups -OCH3 is 1. The van der Waals surface area contributed by atoms with Gasteiger partial charge in [0.15, 0.2) is 0 Å². The topological polar surface area (TPSA) is 84.5 Å². The molecule has 2 rings (SSSR count). The van der Waals surface area contributed by atoms with Gasteiger partial charge in [-0.2, -0.15) is 0 Å². The van der Waals surface area contributed by atoms with Gasteiger partial charge < -0.3 is 10.1 Å². The van der Waals surface area contributed by atoms with E-state index in [4.69, 9.17) is 4.74 Å². The van der Waals surface area contributed by atoms with E-state index in [-0.39, 0.29) is 22.6 Å². The van der Waals surface area contributed by atoms with Crippen molar-refractivity contribution in [2.75, 3.05) is 13.7 Å². The lowest BCUT2D eigenvalue weighted by Crippen LogP contribution is -2.33. The first kappa shape index (κ1) is 18.7. The first-order valence-corrected chi connectivity index (χ1v) is 9.80. The number of carbonyl (C=O) groups is 1. The standard InChI is InChI=1S/C17H26N2O4S/c1-12(2)11-18-17(20)13-8-9-15(23-3)16(10-13)24(21,22)19-14-6-4-5-7-14/h8-10,12,14,19H,4-7,11H2,1-3H3,(H,18,20). The van der Waals surface area contributed by atoms with Crippen LogP contribution in [0.1, 0.15) is 49.9 Å². The van der Waals surface area contributed by atoms with Crippen LogP contribution in [0.3, 0.4) is 0 Å². The van der Waals surface area contributed by atoms with Crippen molar-refractivity contribution in [1.29, 1.82) is 0 Å². The van der Waals surface area contributed by atoms with Crippen LogP contribution < -0.4 is 14.8 Å². The lowest BCUT2D eigenvalue weighted by atomic mass is 10.2. The minimum absolute atomic E-state index is 0.00842. The molecule has 1 aromatic rings. The van der Waals surface area contributed by atoms with Crippen LogP contribution in [0.2, 0.25) is 0 Å². The highest BCUT2D eigenvalue weighted by molar-refractivity contribution is 7.89. The predicted octanol–water partition coefficient (Wildman–Crippen LogP) is 2.30. The van der Waals surface area contributed by atoms with E-state index >= 15 is 0 Å². The number of nitrogens with one attached hydrogen (secondary N) is 2. The maximum absolute atomic E-state index is 12.7. The summed E-state index contributed by atoms with van der Waals surface area (Å²) in [5.74, 6) is 0.268. The second kappa shape index (κ2) is 7.98. The highest BCUT2D eigenvalue weighted by Crippen LogP contribution is 2.27. The second-order valence-corrected chi connectivity index (χ2v) is 8.25. The maximum Gasteiger partial charge on any atom is 0.251 e. The molecule has 6 nitrogen and oxygen atoms in total.